The van der Waals surface area contributed by atoms with Gasteiger partial charge in [0.25, 0.3) is 0 Å². The average Bonchev–Trinajstić information content (AvgIpc) is 3.24. The molecular formula is C32H59N3O29S2. The van der Waals surface area contributed by atoms with Gasteiger partial charge >= 0.3 is 20.8 Å². The molecule has 0 amide bonds. The molecule has 5 fully saturated rings. The van der Waals surface area contributed by atoms with Crippen LogP contribution in [0.3, 0.4) is 0 Å². The van der Waals surface area contributed by atoms with E-state index in [4.69, 9.17) is 79.1 Å². The Morgan fingerprint density at radius 3 is 1.53 bits per heavy atom. The third kappa shape index (κ3) is 13.4. The van der Waals surface area contributed by atoms with Crippen molar-refractivity contribution in [3.8, 4) is 0 Å². The Labute approximate surface area is 375 Å². The number of nitrogens with two attached hydrogens (primary N) is 3. The van der Waals surface area contributed by atoms with Crippen LogP contribution in [-0.2, 0) is 91.6 Å². The summed E-state index contributed by atoms with van der Waals surface area (Å²) < 4.78 is 124. The third-order valence-electron chi connectivity index (χ3n) is 11.7. The van der Waals surface area contributed by atoms with Crippen molar-refractivity contribution in [2.45, 2.75) is 175 Å². The van der Waals surface area contributed by atoms with E-state index in [-0.39, 0.29) is 0 Å². The fourth-order valence-electron chi connectivity index (χ4n) is 8.02. The summed E-state index contributed by atoms with van der Waals surface area (Å²) in [6, 6.07) is -4.11. The zero-order chi connectivity index (χ0) is 49.2. The van der Waals surface area contributed by atoms with Crippen LogP contribution in [0.25, 0.3) is 0 Å². The largest absolute Gasteiger partial charge is 0.397 e. The first-order chi connectivity index (χ1) is 30.8. The number of rotatable bonds is 19. The van der Waals surface area contributed by atoms with E-state index in [9.17, 15) is 52.7 Å². The molecule has 5 rings (SSSR count). The summed E-state index contributed by atoms with van der Waals surface area (Å²) in [5.74, 6) is -1.01. The smallest absolute Gasteiger partial charge is 0.390 e. The molecule has 0 aliphatic carbocycles. The second-order valence-electron chi connectivity index (χ2n) is 16.2. The average molecular weight is 1010 g/mol. The monoisotopic (exact) mass is 1010 g/mol. The highest BCUT2D eigenvalue weighted by Crippen LogP contribution is 2.37. The number of aliphatic hydroxyl groups excluding tert-OH is 6. The normalized spacial score (nSPS) is 47.4. The maximum Gasteiger partial charge on any atom is 0.397 e. The van der Waals surface area contributed by atoms with Gasteiger partial charge in [0, 0.05) is 5.92 Å². The van der Waals surface area contributed by atoms with E-state index in [1.165, 1.54) is 27.7 Å². The Balaban J connectivity index is 1.27. The summed E-state index contributed by atoms with van der Waals surface area (Å²) >= 11 is 0. The van der Waals surface area contributed by atoms with Gasteiger partial charge in [-0.25, -0.2) is 23.8 Å². The standard InChI is InChI=1S/C32H59N3O29S2/c1-8-18(36)24(10(3)54-29(8)60-26-14(7-52-66(47,48)49)53-9(2)15(33)21(26)39)58-31-17(35)28(62-64-43)27(13(57-31)5-50-63-42)61-32-23(41)22(40)25(11(4)55-32)59-30-16(34)20(38)19(37)12(56-30)6-51-65(44,45)46/h8-32,36-43H,5-7,33-35H2,1-4H3,(H,44,45,46)(H,47,48,49)/t8?,9-,10?,11?,12?,13?,14?,15?,16?,17?,18-,19+,20+,21+,22+,23?,24-,25+,26+,27+,28+,29-,30-,31-,32-/m0/s1. The molecule has 32 nitrogen and oxygen atoms in total. The number of hydrogen-bond acceptors (Lipinski definition) is 30. The van der Waals surface area contributed by atoms with Crippen LogP contribution in [0.1, 0.15) is 27.7 Å². The topological polar surface area (TPSA) is 487 Å². The Morgan fingerprint density at radius 2 is 0.955 bits per heavy atom. The summed E-state index contributed by atoms with van der Waals surface area (Å²) in [4.78, 5) is 9.69. The van der Waals surface area contributed by atoms with Crippen molar-refractivity contribution in [2.24, 2.45) is 23.1 Å². The quantitative estimate of drug-likeness (QED) is 0.0325. The van der Waals surface area contributed by atoms with Gasteiger partial charge in [-0.1, -0.05) is 17.0 Å². The Kier molecular flexibility index (Phi) is 19.7. The van der Waals surface area contributed by atoms with E-state index < -0.39 is 194 Å². The van der Waals surface area contributed by atoms with Crippen LogP contribution in [0.5, 0.6) is 0 Å². The molecule has 0 spiro atoms. The fraction of sp³-hybridized carbons (Fsp3) is 1.00. The van der Waals surface area contributed by atoms with E-state index in [2.05, 4.69) is 23.3 Å². The highest BCUT2D eigenvalue weighted by Gasteiger charge is 2.56. The van der Waals surface area contributed by atoms with Crippen LogP contribution in [0.15, 0.2) is 0 Å². The molecule has 10 unspecified atom stereocenters. The maximum atomic E-state index is 11.5. The van der Waals surface area contributed by atoms with Crippen LogP contribution < -0.4 is 17.2 Å². The van der Waals surface area contributed by atoms with E-state index >= 15 is 0 Å². The van der Waals surface area contributed by atoms with Crippen LogP contribution in [0, 0.1) is 5.92 Å². The molecule has 0 bridgehead atoms. The van der Waals surface area contributed by atoms with Crippen LogP contribution >= 0.6 is 0 Å². The van der Waals surface area contributed by atoms with Crippen molar-refractivity contribution in [3.63, 3.8) is 0 Å². The summed E-state index contributed by atoms with van der Waals surface area (Å²) in [5.41, 5.74) is 18.5. The van der Waals surface area contributed by atoms with Gasteiger partial charge in [0.05, 0.1) is 55.8 Å². The Bertz CT molecular complexity index is 1750. The molecule has 5 aliphatic rings. The molecule has 0 aromatic carbocycles. The van der Waals surface area contributed by atoms with Gasteiger partial charge in [0.2, 0.25) is 0 Å². The fourth-order valence-corrected chi connectivity index (χ4v) is 8.63. The zero-order valence-corrected chi connectivity index (χ0v) is 37.0. The van der Waals surface area contributed by atoms with Gasteiger partial charge in [-0.15, -0.1) is 0 Å². The first kappa shape index (κ1) is 55.7. The molecule has 25 atom stereocenters. The molecule has 16 N–H and O–H groups in total. The lowest BCUT2D eigenvalue weighted by atomic mass is 9.91. The minimum Gasteiger partial charge on any atom is -0.390 e. The second-order valence-corrected chi connectivity index (χ2v) is 18.4. The van der Waals surface area contributed by atoms with E-state index in [1.807, 2.05) is 0 Å². The second kappa shape index (κ2) is 23.3. The van der Waals surface area contributed by atoms with Gasteiger partial charge < -0.3 is 90.5 Å². The minimum atomic E-state index is -5.00. The molecule has 388 valence electrons. The van der Waals surface area contributed by atoms with Gasteiger partial charge in [-0.05, 0) is 20.8 Å². The van der Waals surface area contributed by atoms with Crippen LogP contribution in [0.2, 0.25) is 0 Å². The van der Waals surface area contributed by atoms with E-state index in [0.29, 0.717) is 0 Å². The van der Waals surface area contributed by atoms with Crippen LogP contribution in [0.4, 0.5) is 0 Å². The summed E-state index contributed by atoms with van der Waals surface area (Å²) in [6.07, 6.45) is -32.3. The van der Waals surface area contributed by atoms with Gasteiger partial charge in [0.15, 0.2) is 25.2 Å². The molecule has 0 aromatic heterocycles. The third-order valence-corrected chi connectivity index (χ3v) is 12.6. The van der Waals surface area contributed by atoms with Crippen molar-refractivity contribution < 1.29 is 138 Å². The van der Waals surface area contributed by atoms with Crippen molar-refractivity contribution >= 4 is 20.8 Å². The zero-order valence-electron chi connectivity index (χ0n) is 35.3. The SMILES string of the molecule is CC1O[C@@H](O[C@@H]2C(COOO)O[C@@H](O[C@H]3C(C)O[C@@H](O[C@@H]4C(COS(=O)(=O)O)O[C@@H](C)C(N)[C@H]4O)C(C)[C@@H]3O)C(N)[C@H]2OOO)C(O)[C@@H](O)[C@@H]1O[C@@H]1OC(COS(=O)(=O)O)[C@@H](O)[C@H](O)C1N. The first-order valence-electron chi connectivity index (χ1n) is 20.2. The van der Waals surface area contributed by atoms with Crippen molar-refractivity contribution in [2.75, 3.05) is 19.8 Å². The van der Waals surface area contributed by atoms with Gasteiger partial charge in [-0.2, -0.15) is 21.7 Å². The summed E-state index contributed by atoms with van der Waals surface area (Å²) in [7, 11) is -9.94. The van der Waals surface area contributed by atoms with E-state index in [1.54, 1.807) is 0 Å². The number of ether oxygens (including phenoxy) is 9. The minimum absolute atomic E-state index is 0.750. The maximum absolute atomic E-state index is 11.5. The van der Waals surface area contributed by atoms with Crippen molar-refractivity contribution in [1.82, 2.24) is 0 Å². The lowest BCUT2D eigenvalue weighted by Gasteiger charge is -2.50. The number of aliphatic hydroxyl groups is 6. The molecule has 0 radical (unpaired) electrons. The highest BCUT2D eigenvalue weighted by molar-refractivity contribution is 7.81. The predicted octanol–water partition coefficient (Wildman–Crippen LogP) is -7.11. The summed E-state index contributed by atoms with van der Waals surface area (Å²) in [6.45, 7) is 3.23. The Hall–Kier alpha value is -1.22. The molecule has 0 aromatic rings. The van der Waals surface area contributed by atoms with Gasteiger partial charge in [-0.3, -0.25) is 9.11 Å². The number of hydrogen-bond donors (Lipinski definition) is 13. The van der Waals surface area contributed by atoms with E-state index in [0.717, 1.165) is 0 Å². The highest BCUT2D eigenvalue weighted by atomic mass is 32.3. The summed E-state index contributed by atoms with van der Waals surface area (Å²) in [5, 5.41) is 91.9. The molecule has 5 heterocycles. The lowest BCUT2D eigenvalue weighted by molar-refractivity contribution is -0.530. The molecule has 0 saturated carbocycles. The van der Waals surface area contributed by atoms with Crippen molar-refractivity contribution in [3.05, 3.63) is 0 Å². The van der Waals surface area contributed by atoms with Crippen LogP contribution in [-0.4, -0.2) is 234 Å². The van der Waals surface area contributed by atoms with Crippen molar-refractivity contribution in [1.29, 1.82) is 0 Å². The first-order valence-corrected chi connectivity index (χ1v) is 22.9. The predicted molar refractivity (Wildman–Crippen MR) is 202 cm³/mol. The molecule has 5 aliphatic heterocycles. The molecule has 5 saturated heterocycles. The molecule has 34 heteroatoms. The Morgan fingerprint density at radius 1 is 0.455 bits per heavy atom. The molecular weight excluding hydrogens is 954 g/mol. The van der Waals surface area contributed by atoms with Gasteiger partial charge in [0.1, 0.15) is 86.0 Å². The lowest BCUT2D eigenvalue weighted by Crippen LogP contribution is -2.69. The molecule has 66 heavy (non-hydrogen) atoms.